The van der Waals surface area contributed by atoms with Gasteiger partial charge in [-0.15, -0.1) is 0 Å². The summed E-state index contributed by atoms with van der Waals surface area (Å²) in [5, 5.41) is 0. The molecule has 104 heavy (non-hydrogen) atoms. The topological polar surface area (TPSA) is 0 Å². The minimum atomic E-state index is 1.10. The van der Waals surface area contributed by atoms with Crippen LogP contribution in [0.15, 0.2) is 419 Å². The average Bonchev–Trinajstić information content (AvgIpc) is 0.823. The molecule has 0 heteroatoms. The largest absolute Gasteiger partial charge is 0.0622 e. The van der Waals surface area contributed by atoms with Crippen molar-refractivity contribution in [2.75, 3.05) is 0 Å². The Kier molecular flexibility index (Phi) is 20.8. The van der Waals surface area contributed by atoms with Gasteiger partial charge in [0.2, 0.25) is 0 Å². The van der Waals surface area contributed by atoms with Crippen molar-refractivity contribution in [3.63, 3.8) is 0 Å². The van der Waals surface area contributed by atoms with Crippen LogP contribution in [0.2, 0.25) is 0 Å². The average molecular weight is 1330 g/mol. The maximum Gasteiger partial charge on any atom is -0.0105 e. The van der Waals surface area contributed by atoms with Crippen LogP contribution in [0.4, 0.5) is 0 Å². The van der Waals surface area contributed by atoms with Gasteiger partial charge in [0.05, 0.1) is 0 Å². The maximum absolute atomic E-state index is 2.34. The molecule has 0 heterocycles. The zero-order valence-electron chi connectivity index (χ0n) is 57.9. The first-order valence-corrected chi connectivity index (χ1v) is 35.7. The predicted molar refractivity (Wildman–Crippen MR) is 445 cm³/mol. The molecule has 492 valence electrons. The van der Waals surface area contributed by atoms with Crippen LogP contribution in [0, 0.1) is 0 Å². The highest BCUT2D eigenvalue weighted by Crippen LogP contribution is 2.37. The summed E-state index contributed by atoms with van der Waals surface area (Å²) in [6.07, 6.45) is 16.2. The van der Waals surface area contributed by atoms with Gasteiger partial charge in [-0.3, -0.25) is 0 Å². The van der Waals surface area contributed by atoms with Crippen LogP contribution < -0.4 is 0 Å². The Morgan fingerprint density at radius 3 is 0.317 bits per heavy atom. The fraction of sp³-hybridized carbons (Fsp3) is 0. The van der Waals surface area contributed by atoms with E-state index in [9.17, 15) is 0 Å². The van der Waals surface area contributed by atoms with E-state index in [0.717, 1.165) is 89.0 Å². The summed E-state index contributed by atoms with van der Waals surface area (Å²) in [7, 11) is 0. The normalized spacial score (nSPS) is 10.7. The van der Waals surface area contributed by atoms with Crippen molar-refractivity contribution in [2.24, 2.45) is 0 Å². The van der Waals surface area contributed by atoms with Gasteiger partial charge in [0.1, 0.15) is 0 Å². The first-order valence-electron chi connectivity index (χ1n) is 35.7. The molecule has 0 nitrogen and oxygen atoms in total. The summed E-state index contributed by atoms with van der Waals surface area (Å²) >= 11 is 0. The molecule has 0 amide bonds. The molecule has 0 radical (unpaired) electrons. The molecule has 15 aromatic rings. The van der Waals surface area contributed by atoms with E-state index < -0.39 is 0 Å². The number of rotatable bonds is 21. The number of benzene rings is 15. The van der Waals surface area contributed by atoms with Crippen LogP contribution in [0.1, 0.15) is 117 Å². The molecular formula is C104H76. The van der Waals surface area contributed by atoms with E-state index in [1.165, 1.54) is 66.8 Å². The van der Waals surface area contributed by atoms with Crippen LogP contribution in [-0.2, 0) is 0 Å². The summed E-state index contributed by atoms with van der Waals surface area (Å²) in [6.45, 7) is 0. The van der Waals surface area contributed by atoms with E-state index >= 15 is 0 Å². The Bertz CT molecular complexity index is 4740. The third-order valence-electron chi connectivity index (χ3n) is 19.0. The predicted octanol–water partition coefficient (Wildman–Crippen LogP) is 26.8. The van der Waals surface area contributed by atoms with Crippen molar-refractivity contribution in [1.82, 2.24) is 0 Å². The molecule has 0 saturated heterocycles. The third kappa shape index (κ3) is 16.5. The molecule has 15 aromatic carbocycles. The van der Waals surface area contributed by atoms with Gasteiger partial charge in [-0.25, -0.2) is 0 Å². The second-order valence-corrected chi connectivity index (χ2v) is 26.0. The molecule has 15 rings (SSSR count). The highest BCUT2D eigenvalue weighted by Gasteiger charge is 2.15. The second-order valence-electron chi connectivity index (χ2n) is 26.0. The molecule has 0 N–H and O–H groups in total. The van der Waals surface area contributed by atoms with Crippen molar-refractivity contribution < 1.29 is 0 Å². The van der Waals surface area contributed by atoms with Crippen molar-refractivity contribution in [3.05, 3.63) is 535 Å². The maximum atomic E-state index is 2.34. The van der Waals surface area contributed by atoms with Crippen LogP contribution in [0.3, 0.4) is 0 Å². The van der Waals surface area contributed by atoms with Gasteiger partial charge < -0.3 is 0 Å². The van der Waals surface area contributed by atoms with E-state index in [2.05, 4.69) is 461 Å². The van der Waals surface area contributed by atoms with Crippen LogP contribution >= 0.6 is 0 Å². The fourth-order valence-electron chi connectivity index (χ4n) is 13.5. The fourth-order valence-corrected chi connectivity index (χ4v) is 13.5. The Balaban J connectivity index is 0.781. The van der Waals surface area contributed by atoms with Crippen molar-refractivity contribution in [2.45, 2.75) is 0 Å². The lowest BCUT2D eigenvalue weighted by atomic mass is 9.90. The molecule has 0 atom stereocenters. The van der Waals surface area contributed by atoms with Gasteiger partial charge in [0, 0.05) is 0 Å². The lowest BCUT2D eigenvalue weighted by Crippen LogP contribution is -1.93. The van der Waals surface area contributed by atoms with E-state index in [4.69, 9.17) is 0 Å². The zero-order valence-corrected chi connectivity index (χ0v) is 57.9. The molecular weight excluding hydrogens is 1250 g/mol. The van der Waals surface area contributed by atoms with E-state index in [1.54, 1.807) is 0 Å². The minimum Gasteiger partial charge on any atom is -0.0622 e. The molecule has 0 bridgehead atoms. The minimum absolute atomic E-state index is 1.10. The summed E-state index contributed by atoms with van der Waals surface area (Å²) in [5.74, 6) is 0. The standard InChI is InChI=1S/C104H76/c1-10-28-77(29-11-1)70-102(92-58-54-82(55-59-92)75-103(94-62-46-78(47-63-94)71-98(84-30-12-2-13-31-84)85-32-14-3-15-33-85)95-64-48-79(49-65-95)72-99(86-34-16-4-17-35-86)87-36-18-5-19-37-87)93-60-56-83(57-61-93)76-104(96-66-50-80(51-67-96)73-100(88-38-20-6-21-39-88)89-40-22-7-23-41-89)97-68-52-81(53-69-97)74-101(90-42-24-8-25-43-90)91-44-26-9-27-45-91/h1-76H. The molecule has 0 unspecified atom stereocenters. The van der Waals surface area contributed by atoms with Crippen molar-refractivity contribution in [1.29, 1.82) is 0 Å². The van der Waals surface area contributed by atoms with Crippen molar-refractivity contribution >= 4 is 81.5 Å². The highest BCUT2D eigenvalue weighted by molar-refractivity contribution is 5.99. The first kappa shape index (κ1) is 66.4. The molecule has 0 aliphatic rings. The Labute approximate surface area is 613 Å². The van der Waals surface area contributed by atoms with E-state index in [-0.39, 0.29) is 0 Å². The van der Waals surface area contributed by atoms with Gasteiger partial charge in [0.15, 0.2) is 0 Å². The smallest absolute Gasteiger partial charge is 0.0105 e. The Morgan fingerprint density at radius 1 is 0.0962 bits per heavy atom. The number of hydrogen-bond acceptors (Lipinski definition) is 0. The molecule has 0 aromatic heterocycles. The molecule has 0 saturated carbocycles. The second kappa shape index (κ2) is 32.6. The lowest BCUT2D eigenvalue weighted by molar-refractivity contribution is 1.51. The molecule has 0 fully saturated rings. The SMILES string of the molecule is C(=C(c1ccccc1)c1ccccc1)c1ccc(C(=Cc2ccc(C(=Cc3ccccc3)c3ccc(C=C(c4ccc(C=C(c5ccccc5)c5ccccc5)cc4)c4ccc(C=C(c5ccccc5)c5ccccc5)cc4)cc3)cc2)c2ccc(C=C(c3ccccc3)c3ccccc3)cc2)cc1. The summed E-state index contributed by atoms with van der Waals surface area (Å²) in [4.78, 5) is 0. The Hall–Kier alpha value is -13.5. The van der Waals surface area contributed by atoms with Gasteiger partial charge in [-0.2, -0.15) is 0 Å². The van der Waals surface area contributed by atoms with Crippen LogP contribution in [0.25, 0.3) is 81.5 Å². The number of hydrogen-bond donors (Lipinski definition) is 0. The van der Waals surface area contributed by atoms with Crippen molar-refractivity contribution in [3.8, 4) is 0 Å². The molecule has 0 spiro atoms. The van der Waals surface area contributed by atoms with Gasteiger partial charge in [0.25, 0.3) is 0 Å². The van der Waals surface area contributed by atoms with Gasteiger partial charge >= 0.3 is 0 Å². The summed E-state index contributed by atoms with van der Waals surface area (Å²) in [6, 6.07) is 150. The van der Waals surface area contributed by atoms with Crippen LogP contribution in [-0.4, -0.2) is 0 Å². The van der Waals surface area contributed by atoms with E-state index in [0.29, 0.717) is 0 Å². The van der Waals surface area contributed by atoms with E-state index in [1.807, 2.05) is 0 Å². The Morgan fingerprint density at radius 2 is 0.192 bits per heavy atom. The van der Waals surface area contributed by atoms with Gasteiger partial charge in [-0.1, -0.05) is 419 Å². The lowest BCUT2D eigenvalue weighted by Gasteiger charge is -2.14. The highest BCUT2D eigenvalue weighted by atomic mass is 14.2. The molecule has 0 aliphatic heterocycles. The summed E-state index contributed by atoms with van der Waals surface area (Å²) < 4.78 is 0. The summed E-state index contributed by atoms with van der Waals surface area (Å²) in [5.41, 5.74) is 32.1. The molecule has 0 aliphatic carbocycles. The quantitative estimate of drug-likeness (QED) is 0.0629. The monoisotopic (exact) mass is 1320 g/mol. The third-order valence-corrected chi connectivity index (χ3v) is 19.0. The van der Waals surface area contributed by atoms with Crippen LogP contribution in [0.5, 0.6) is 0 Å². The zero-order chi connectivity index (χ0) is 69.9. The first-order chi connectivity index (χ1) is 51.5. The van der Waals surface area contributed by atoms with Gasteiger partial charge in [-0.05, 0) is 198 Å².